The first-order valence-corrected chi connectivity index (χ1v) is 17.6. The average Bonchev–Trinajstić information content (AvgIpc) is 3.10. The van der Waals surface area contributed by atoms with Gasteiger partial charge < -0.3 is 15.0 Å². The smallest absolute Gasteiger partial charge is 0.264 e. The summed E-state index contributed by atoms with van der Waals surface area (Å²) in [7, 11) is -2.76. The summed E-state index contributed by atoms with van der Waals surface area (Å²) in [5.41, 5.74) is 2.97. The van der Waals surface area contributed by atoms with Gasteiger partial charge in [-0.1, -0.05) is 104 Å². The molecule has 0 bridgehead atoms. The molecule has 1 saturated carbocycles. The Morgan fingerprint density at radius 2 is 1.45 bits per heavy atom. The maximum atomic E-state index is 14.7. The Bertz CT molecular complexity index is 1740. The molecule has 0 unspecified atom stereocenters. The second-order valence-corrected chi connectivity index (χ2v) is 13.9. The van der Waals surface area contributed by atoms with Crippen molar-refractivity contribution in [3.8, 4) is 5.75 Å². The van der Waals surface area contributed by atoms with Crippen LogP contribution in [0.5, 0.6) is 5.75 Å². The summed E-state index contributed by atoms with van der Waals surface area (Å²) in [5, 5.41) is 3.25. The lowest BCUT2D eigenvalue weighted by Gasteiger charge is -2.35. The summed E-state index contributed by atoms with van der Waals surface area (Å²) >= 11 is 0. The van der Waals surface area contributed by atoms with Gasteiger partial charge in [-0.05, 0) is 60.7 Å². The SMILES string of the molecule is COc1ccccc1N(CC(=O)N(Cc1ccccc1C)[C@@H](Cc1ccccc1)C(=O)NC1CCCCC1)S(=O)(=O)c1ccccc1. The molecule has 4 aromatic rings. The van der Waals surface area contributed by atoms with Gasteiger partial charge in [-0.15, -0.1) is 0 Å². The Balaban J connectivity index is 1.58. The van der Waals surface area contributed by atoms with Gasteiger partial charge in [0.1, 0.15) is 18.3 Å². The minimum absolute atomic E-state index is 0.0356. The molecule has 9 heteroatoms. The Hall–Kier alpha value is -4.63. The van der Waals surface area contributed by atoms with Gasteiger partial charge in [0, 0.05) is 19.0 Å². The van der Waals surface area contributed by atoms with Crippen molar-refractivity contribution in [3.63, 3.8) is 0 Å². The van der Waals surface area contributed by atoms with Crippen LogP contribution in [0.3, 0.4) is 0 Å². The predicted octanol–water partition coefficient (Wildman–Crippen LogP) is 6.29. The normalized spacial score (nSPS) is 14.2. The molecule has 47 heavy (non-hydrogen) atoms. The summed E-state index contributed by atoms with van der Waals surface area (Å²) in [5.74, 6) is -0.433. The van der Waals surface area contributed by atoms with Crippen molar-refractivity contribution < 1.29 is 22.7 Å². The number of aryl methyl sites for hydroxylation is 1. The largest absolute Gasteiger partial charge is 0.495 e. The monoisotopic (exact) mass is 653 g/mol. The van der Waals surface area contributed by atoms with Gasteiger partial charge in [0.05, 0.1) is 17.7 Å². The van der Waals surface area contributed by atoms with Crippen molar-refractivity contribution in [2.75, 3.05) is 18.0 Å². The van der Waals surface area contributed by atoms with Crippen LogP contribution >= 0.6 is 0 Å². The van der Waals surface area contributed by atoms with Crippen molar-refractivity contribution in [1.29, 1.82) is 0 Å². The van der Waals surface area contributed by atoms with Gasteiger partial charge in [0.25, 0.3) is 10.0 Å². The molecular weight excluding hydrogens is 611 g/mol. The molecule has 1 fully saturated rings. The standard InChI is InChI=1S/C38H43N3O5S/c1-29-16-12-13-19-31(29)27-40(35(26-30-17-6-3-7-18-30)38(43)39-32-20-8-4-9-21-32)37(42)28-41(34-24-14-15-25-36(34)46-2)47(44,45)33-22-10-5-11-23-33/h3,5-7,10-19,22-25,32,35H,4,8-9,20-21,26-28H2,1-2H3,(H,39,43)/t35-/m0/s1. The zero-order valence-corrected chi connectivity index (χ0v) is 27.9. The van der Waals surface area contributed by atoms with Crippen LogP contribution in [0.4, 0.5) is 5.69 Å². The van der Waals surface area contributed by atoms with Crippen LogP contribution in [0.15, 0.2) is 114 Å². The number of sulfonamides is 1. The second kappa shape index (κ2) is 15.8. The molecule has 1 aliphatic rings. The number of benzene rings is 4. The molecule has 4 aromatic carbocycles. The number of anilines is 1. The molecule has 0 saturated heterocycles. The number of amides is 2. The van der Waals surface area contributed by atoms with E-state index in [1.807, 2.05) is 61.5 Å². The summed E-state index contributed by atoms with van der Waals surface area (Å²) in [6.07, 6.45) is 5.30. The third kappa shape index (κ3) is 8.40. The number of rotatable bonds is 13. The van der Waals surface area contributed by atoms with Crippen molar-refractivity contribution in [2.24, 2.45) is 0 Å². The first kappa shape index (κ1) is 33.7. The van der Waals surface area contributed by atoms with Crippen molar-refractivity contribution in [1.82, 2.24) is 10.2 Å². The Morgan fingerprint density at radius 3 is 2.13 bits per heavy atom. The molecule has 1 atom stereocenters. The topological polar surface area (TPSA) is 96.0 Å². The molecule has 5 rings (SSSR count). The lowest BCUT2D eigenvalue weighted by molar-refractivity contribution is -0.140. The maximum absolute atomic E-state index is 14.7. The minimum atomic E-state index is -4.22. The average molecular weight is 654 g/mol. The predicted molar refractivity (Wildman–Crippen MR) is 185 cm³/mol. The fourth-order valence-corrected chi connectivity index (χ4v) is 7.58. The quantitative estimate of drug-likeness (QED) is 0.183. The highest BCUT2D eigenvalue weighted by Gasteiger charge is 2.36. The van der Waals surface area contributed by atoms with Gasteiger partial charge in [-0.3, -0.25) is 13.9 Å². The summed E-state index contributed by atoms with van der Waals surface area (Å²) in [6, 6.07) is 31.3. The van der Waals surface area contributed by atoms with E-state index in [0.717, 1.165) is 53.1 Å². The van der Waals surface area contributed by atoms with Crippen molar-refractivity contribution in [2.45, 2.75) is 69.0 Å². The van der Waals surface area contributed by atoms with Crippen LogP contribution in [0.25, 0.3) is 0 Å². The highest BCUT2D eigenvalue weighted by atomic mass is 32.2. The number of nitrogens with one attached hydrogen (secondary N) is 1. The van der Waals surface area contributed by atoms with E-state index in [0.29, 0.717) is 5.75 Å². The molecule has 1 N–H and O–H groups in total. The van der Waals surface area contributed by atoms with E-state index in [1.54, 1.807) is 47.4 Å². The van der Waals surface area contributed by atoms with E-state index in [9.17, 15) is 18.0 Å². The van der Waals surface area contributed by atoms with Gasteiger partial charge in [0.15, 0.2) is 0 Å². The fraction of sp³-hybridized carbons (Fsp3) is 0.316. The van der Waals surface area contributed by atoms with Crippen molar-refractivity contribution >= 4 is 27.5 Å². The van der Waals surface area contributed by atoms with Gasteiger partial charge >= 0.3 is 0 Å². The zero-order valence-electron chi connectivity index (χ0n) is 27.0. The van der Waals surface area contributed by atoms with Crippen LogP contribution in [-0.4, -0.2) is 50.9 Å². The number of hydrogen-bond donors (Lipinski definition) is 1. The summed E-state index contributed by atoms with van der Waals surface area (Å²) in [4.78, 5) is 30.6. The van der Waals surface area contributed by atoms with E-state index in [4.69, 9.17) is 4.74 Å². The maximum Gasteiger partial charge on any atom is 0.264 e. The highest BCUT2D eigenvalue weighted by molar-refractivity contribution is 7.92. The Labute approximate surface area is 278 Å². The zero-order chi connectivity index (χ0) is 33.2. The fourth-order valence-electron chi connectivity index (χ4n) is 6.14. The first-order valence-electron chi connectivity index (χ1n) is 16.2. The van der Waals surface area contributed by atoms with E-state index in [2.05, 4.69) is 5.32 Å². The second-order valence-electron chi connectivity index (χ2n) is 12.0. The molecule has 0 spiro atoms. The number of ether oxygens (including phenoxy) is 1. The van der Waals surface area contributed by atoms with Gasteiger partial charge in [-0.2, -0.15) is 0 Å². The molecule has 0 radical (unpaired) electrons. The number of para-hydroxylation sites is 2. The molecule has 2 amide bonds. The molecule has 0 aromatic heterocycles. The number of hydrogen-bond acceptors (Lipinski definition) is 5. The number of carbonyl (C=O) groups is 2. The van der Waals surface area contributed by atoms with Gasteiger partial charge in [-0.25, -0.2) is 8.42 Å². The minimum Gasteiger partial charge on any atom is -0.495 e. The molecular formula is C38H43N3O5S. The lowest BCUT2D eigenvalue weighted by atomic mass is 9.94. The molecule has 8 nitrogen and oxygen atoms in total. The van der Waals surface area contributed by atoms with Crippen LogP contribution in [0.2, 0.25) is 0 Å². The van der Waals surface area contributed by atoms with E-state index >= 15 is 0 Å². The van der Waals surface area contributed by atoms with Crippen LogP contribution < -0.4 is 14.4 Å². The molecule has 246 valence electrons. The highest BCUT2D eigenvalue weighted by Crippen LogP contribution is 2.33. The van der Waals surface area contributed by atoms with Crippen LogP contribution in [-0.2, 0) is 32.6 Å². The van der Waals surface area contributed by atoms with E-state index < -0.39 is 28.5 Å². The first-order chi connectivity index (χ1) is 22.8. The van der Waals surface area contributed by atoms with Crippen LogP contribution in [0, 0.1) is 6.92 Å². The summed E-state index contributed by atoms with van der Waals surface area (Å²) in [6.45, 7) is 1.56. The molecule has 1 aliphatic carbocycles. The molecule has 0 aliphatic heterocycles. The number of nitrogens with zero attached hydrogens (tertiary/aromatic N) is 2. The third-order valence-corrected chi connectivity index (χ3v) is 10.6. The number of methoxy groups -OCH3 is 1. The van der Waals surface area contributed by atoms with Crippen molar-refractivity contribution in [3.05, 3.63) is 126 Å². The Morgan fingerprint density at radius 1 is 0.830 bits per heavy atom. The van der Waals surface area contributed by atoms with E-state index in [1.165, 1.54) is 19.2 Å². The van der Waals surface area contributed by atoms with Crippen LogP contribution in [0.1, 0.15) is 48.8 Å². The molecule has 0 heterocycles. The number of carbonyl (C=O) groups excluding carboxylic acids is 2. The van der Waals surface area contributed by atoms with E-state index in [-0.39, 0.29) is 35.5 Å². The lowest BCUT2D eigenvalue weighted by Crippen LogP contribution is -2.55. The summed E-state index contributed by atoms with van der Waals surface area (Å²) < 4.78 is 35.2. The third-order valence-electron chi connectivity index (χ3n) is 8.79. The van der Waals surface area contributed by atoms with Gasteiger partial charge in [0.2, 0.25) is 11.8 Å². The Kier molecular flexibility index (Phi) is 11.3.